The second-order valence-electron chi connectivity index (χ2n) is 6.38. The average Bonchev–Trinajstić information content (AvgIpc) is 2.68. The Hall–Kier alpha value is -3.30. The fraction of sp³-hybridized carbons (Fsp3) is 0.238. The van der Waals surface area contributed by atoms with Crippen LogP contribution < -0.4 is 5.32 Å². The van der Waals surface area contributed by atoms with E-state index in [1.54, 1.807) is 0 Å². The van der Waals surface area contributed by atoms with Gasteiger partial charge in [-0.15, -0.1) is 0 Å². The Bertz CT molecular complexity index is 962. The van der Waals surface area contributed by atoms with Gasteiger partial charge in [-0.2, -0.15) is 26.3 Å². The number of ether oxygens (including phenoxy) is 1. The van der Waals surface area contributed by atoms with Crippen LogP contribution in [0.4, 0.5) is 26.3 Å². The van der Waals surface area contributed by atoms with Gasteiger partial charge in [0.2, 0.25) is 5.91 Å². The van der Waals surface area contributed by atoms with Crippen molar-refractivity contribution in [3.63, 3.8) is 0 Å². The molecule has 31 heavy (non-hydrogen) atoms. The minimum Gasteiger partial charge on any atom is -0.460 e. The first-order valence-electron chi connectivity index (χ1n) is 8.86. The van der Waals surface area contributed by atoms with E-state index in [9.17, 15) is 35.9 Å². The van der Waals surface area contributed by atoms with Gasteiger partial charge >= 0.3 is 18.3 Å². The largest absolute Gasteiger partial charge is 0.460 e. The number of hydrogen-bond donors (Lipinski definition) is 1. The van der Waals surface area contributed by atoms with E-state index in [1.807, 2.05) is 0 Å². The van der Waals surface area contributed by atoms with Gasteiger partial charge < -0.3 is 10.1 Å². The van der Waals surface area contributed by atoms with Gasteiger partial charge in [-0.3, -0.25) is 4.79 Å². The quantitative estimate of drug-likeness (QED) is 0.225. The lowest BCUT2D eigenvalue weighted by atomic mass is 10.0. The Morgan fingerprint density at radius 1 is 0.935 bits per heavy atom. The fourth-order valence-corrected chi connectivity index (χ4v) is 2.52. The summed E-state index contributed by atoms with van der Waals surface area (Å²) in [5.74, 6) is -1.33. The van der Waals surface area contributed by atoms with Crippen LogP contribution in [0.15, 0.2) is 48.5 Å². The standard InChI is InChI=1S/C21H17F6NO3/c1-13(29)28-9-10-31-19(30)18(15-5-7-16(8-6-15)20(22,23)24)12-14-3-2-4-17(11-14)21(25,26)27/h2-8,11-12H,9-10H2,1H3,(H,28,29)/b18-12-. The van der Waals surface area contributed by atoms with Crippen molar-refractivity contribution in [2.45, 2.75) is 19.3 Å². The highest BCUT2D eigenvalue weighted by Crippen LogP contribution is 2.32. The third-order valence-electron chi connectivity index (χ3n) is 3.98. The van der Waals surface area contributed by atoms with Gasteiger partial charge in [-0.25, -0.2) is 4.79 Å². The van der Waals surface area contributed by atoms with Crippen LogP contribution in [0.1, 0.15) is 29.2 Å². The lowest BCUT2D eigenvalue weighted by Crippen LogP contribution is -2.25. The molecule has 0 saturated heterocycles. The summed E-state index contributed by atoms with van der Waals surface area (Å²) >= 11 is 0. The summed E-state index contributed by atoms with van der Waals surface area (Å²) in [6.45, 7) is 1.01. The second-order valence-corrected chi connectivity index (χ2v) is 6.38. The highest BCUT2D eigenvalue weighted by Gasteiger charge is 2.31. The molecule has 0 aromatic heterocycles. The molecule has 4 nitrogen and oxygen atoms in total. The first-order chi connectivity index (χ1) is 14.4. The Kier molecular flexibility index (Phi) is 7.48. The summed E-state index contributed by atoms with van der Waals surface area (Å²) in [7, 11) is 0. The molecule has 1 N–H and O–H groups in total. The predicted octanol–water partition coefficient (Wildman–Crippen LogP) is 4.94. The van der Waals surface area contributed by atoms with Crippen LogP contribution in [0.2, 0.25) is 0 Å². The van der Waals surface area contributed by atoms with Crippen LogP contribution in [0.3, 0.4) is 0 Å². The molecule has 2 rings (SSSR count). The monoisotopic (exact) mass is 445 g/mol. The average molecular weight is 445 g/mol. The highest BCUT2D eigenvalue weighted by molar-refractivity contribution is 6.21. The van der Waals surface area contributed by atoms with E-state index in [2.05, 4.69) is 5.32 Å². The number of esters is 1. The van der Waals surface area contributed by atoms with Crippen molar-refractivity contribution in [3.8, 4) is 0 Å². The van der Waals surface area contributed by atoms with E-state index < -0.39 is 29.4 Å². The topological polar surface area (TPSA) is 55.4 Å². The molecule has 1 amide bonds. The van der Waals surface area contributed by atoms with E-state index in [-0.39, 0.29) is 35.8 Å². The number of carbonyl (C=O) groups is 2. The molecule has 0 bridgehead atoms. The van der Waals surface area contributed by atoms with Crippen LogP contribution in [0.5, 0.6) is 0 Å². The lowest BCUT2D eigenvalue weighted by Gasteiger charge is -2.12. The van der Waals surface area contributed by atoms with Gasteiger partial charge in [0, 0.05) is 6.92 Å². The molecule has 0 aliphatic heterocycles. The molecule has 2 aromatic carbocycles. The Morgan fingerprint density at radius 3 is 2.10 bits per heavy atom. The fourth-order valence-electron chi connectivity index (χ4n) is 2.52. The zero-order chi connectivity index (χ0) is 23.2. The summed E-state index contributed by atoms with van der Waals surface area (Å²) < 4.78 is 82.3. The maximum atomic E-state index is 13.0. The minimum atomic E-state index is -4.61. The second kappa shape index (κ2) is 9.67. The van der Waals surface area contributed by atoms with Crippen LogP contribution in [-0.4, -0.2) is 25.0 Å². The van der Waals surface area contributed by atoms with E-state index in [0.717, 1.165) is 48.5 Å². The van der Waals surface area contributed by atoms with Crippen LogP contribution in [0.25, 0.3) is 11.6 Å². The third kappa shape index (κ3) is 7.16. The molecular weight excluding hydrogens is 428 g/mol. The van der Waals surface area contributed by atoms with Gasteiger partial charge in [0.05, 0.1) is 23.2 Å². The Morgan fingerprint density at radius 2 is 1.55 bits per heavy atom. The molecule has 0 heterocycles. The van der Waals surface area contributed by atoms with Crippen molar-refractivity contribution in [3.05, 3.63) is 70.8 Å². The first kappa shape index (κ1) is 24.0. The maximum absolute atomic E-state index is 13.0. The van der Waals surface area contributed by atoms with Crippen LogP contribution >= 0.6 is 0 Å². The van der Waals surface area contributed by atoms with Gasteiger partial charge in [0.25, 0.3) is 0 Å². The summed E-state index contributed by atoms with van der Waals surface area (Å²) in [4.78, 5) is 23.4. The molecule has 0 spiro atoms. The van der Waals surface area contributed by atoms with Crippen LogP contribution in [0, 0.1) is 0 Å². The zero-order valence-electron chi connectivity index (χ0n) is 16.1. The predicted molar refractivity (Wildman–Crippen MR) is 100 cm³/mol. The van der Waals surface area contributed by atoms with Gasteiger partial charge in [-0.1, -0.05) is 24.3 Å². The number of carbonyl (C=O) groups excluding carboxylic acids is 2. The van der Waals surface area contributed by atoms with Crippen molar-refractivity contribution in [2.24, 2.45) is 0 Å². The molecule has 0 aliphatic rings. The molecular formula is C21H17F6NO3. The first-order valence-corrected chi connectivity index (χ1v) is 8.86. The van der Waals surface area contributed by atoms with Gasteiger partial charge in [0.1, 0.15) is 6.61 Å². The molecule has 0 aliphatic carbocycles. The molecule has 2 aromatic rings. The molecule has 10 heteroatoms. The van der Waals surface area contributed by atoms with Gasteiger partial charge in [-0.05, 0) is 41.5 Å². The minimum absolute atomic E-state index is 0.00327. The SMILES string of the molecule is CC(=O)NCCOC(=O)/C(=C\c1cccc(C(F)(F)F)c1)c1ccc(C(F)(F)F)cc1. The normalized spacial score (nSPS) is 12.4. The summed E-state index contributed by atoms with van der Waals surface area (Å²) in [6.07, 6.45) is -8.11. The number of rotatable bonds is 6. The molecule has 0 unspecified atom stereocenters. The number of amides is 1. The van der Waals surface area contributed by atoms with Crippen molar-refractivity contribution in [1.82, 2.24) is 5.32 Å². The molecule has 0 atom stereocenters. The zero-order valence-corrected chi connectivity index (χ0v) is 16.1. The number of alkyl halides is 6. The van der Waals surface area contributed by atoms with E-state index >= 15 is 0 Å². The number of halogens is 6. The highest BCUT2D eigenvalue weighted by atomic mass is 19.4. The Balaban J connectivity index is 2.39. The van der Waals surface area contributed by atoms with Crippen molar-refractivity contribution >= 4 is 23.5 Å². The summed E-state index contributed by atoms with van der Waals surface area (Å²) in [5, 5.41) is 2.39. The Labute approximate surface area is 173 Å². The smallest absolute Gasteiger partial charge is 0.416 e. The van der Waals surface area contributed by atoms with Crippen LogP contribution in [-0.2, 0) is 26.7 Å². The van der Waals surface area contributed by atoms with E-state index in [0.29, 0.717) is 0 Å². The number of hydrogen-bond acceptors (Lipinski definition) is 3. The van der Waals surface area contributed by atoms with Crippen molar-refractivity contribution in [1.29, 1.82) is 0 Å². The number of benzene rings is 2. The third-order valence-corrected chi connectivity index (χ3v) is 3.98. The molecule has 0 radical (unpaired) electrons. The van der Waals surface area contributed by atoms with Gasteiger partial charge in [0.15, 0.2) is 0 Å². The molecule has 166 valence electrons. The molecule has 0 saturated carbocycles. The molecule has 0 fully saturated rings. The van der Waals surface area contributed by atoms with Crippen molar-refractivity contribution < 1.29 is 40.7 Å². The summed E-state index contributed by atoms with van der Waals surface area (Å²) in [5.41, 5.74) is -2.12. The maximum Gasteiger partial charge on any atom is 0.416 e. The lowest BCUT2D eigenvalue weighted by molar-refractivity contribution is -0.138. The summed E-state index contributed by atoms with van der Waals surface area (Å²) in [6, 6.07) is 7.65. The van der Waals surface area contributed by atoms with Crippen molar-refractivity contribution in [2.75, 3.05) is 13.2 Å². The number of nitrogens with one attached hydrogen (secondary N) is 1. The van der Waals surface area contributed by atoms with E-state index in [1.165, 1.54) is 13.0 Å². The van der Waals surface area contributed by atoms with E-state index in [4.69, 9.17) is 4.74 Å².